The zero-order valence-electron chi connectivity index (χ0n) is 7.47. The number of hydrogen-bond donors (Lipinski definition) is 1. The van der Waals surface area contributed by atoms with Crippen molar-refractivity contribution in [2.75, 3.05) is 0 Å². The SMILES string of the molecule is O=C(O)CCn1cnc2c[c]ccc21. The average Bonchev–Trinajstić information content (AvgIpc) is 2.58. The Morgan fingerprint density at radius 1 is 1.64 bits per heavy atom. The molecule has 0 bridgehead atoms. The summed E-state index contributed by atoms with van der Waals surface area (Å²) in [6, 6.07) is 8.38. The predicted molar refractivity (Wildman–Crippen MR) is 50.8 cm³/mol. The van der Waals surface area contributed by atoms with E-state index in [4.69, 9.17) is 5.11 Å². The van der Waals surface area contributed by atoms with Crippen molar-refractivity contribution in [3.05, 3.63) is 30.6 Å². The summed E-state index contributed by atoms with van der Waals surface area (Å²) in [5.74, 6) is -0.797. The van der Waals surface area contributed by atoms with Crippen molar-refractivity contribution in [3.8, 4) is 0 Å². The number of hydrogen-bond acceptors (Lipinski definition) is 2. The highest BCUT2D eigenvalue weighted by molar-refractivity contribution is 5.75. The van der Waals surface area contributed by atoms with Gasteiger partial charge in [0.1, 0.15) is 0 Å². The van der Waals surface area contributed by atoms with E-state index in [1.807, 2.05) is 10.6 Å². The van der Waals surface area contributed by atoms with Crippen LogP contribution in [0.25, 0.3) is 11.0 Å². The molecule has 1 heterocycles. The van der Waals surface area contributed by atoms with Crippen LogP contribution in [0.1, 0.15) is 6.42 Å². The van der Waals surface area contributed by atoms with Gasteiger partial charge in [-0.05, 0) is 18.2 Å². The fraction of sp³-hybridized carbons (Fsp3) is 0.200. The van der Waals surface area contributed by atoms with E-state index in [1.165, 1.54) is 0 Å². The van der Waals surface area contributed by atoms with Crippen LogP contribution in [0.5, 0.6) is 0 Å². The molecule has 0 unspecified atom stereocenters. The molecule has 4 nitrogen and oxygen atoms in total. The van der Waals surface area contributed by atoms with Gasteiger partial charge in [-0.15, -0.1) is 0 Å². The molecule has 0 spiro atoms. The normalized spacial score (nSPS) is 10.6. The molecular formula is C10H9N2O2. The summed E-state index contributed by atoms with van der Waals surface area (Å²) in [5.41, 5.74) is 1.79. The lowest BCUT2D eigenvalue weighted by Crippen LogP contribution is -2.03. The molecule has 14 heavy (non-hydrogen) atoms. The van der Waals surface area contributed by atoms with E-state index in [-0.39, 0.29) is 6.42 Å². The van der Waals surface area contributed by atoms with Crippen LogP contribution in [-0.2, 0) is 11.3 Å². The smallest absolute Gasteiger partial charge is 0.305 e. The number of carboxylic acids is 1. The number of benzene rings is 1. The van der Waals surface area contributed by atoms with Crippen molar-refractivity contribution >= 4 is 17.0 Å². The van der Waals surface area contributed by atoms with Gasteiger partial charge in [-0.1, -0.05) is 6.07 Å². The molecule has 0 aliphatic carbocycles. The minimum absolute atomic E-state index is 0.115. The zero-order valence-corrected chi connectivity index (χ0v) is 7.47. The fourth-order valence-corrected chi connectivity index (χ4v) is 1.35. The molecule has 2 aromatic rings. The van der Waals surface area contributed by atoms with Crippen molar-refractivity contribution < 1.29 is 9.90 Å². The van der Waals surface area contributed by atoms with E-state index in [1.54, 1.807) is 18.5 Å². The van der Waals surface area contributed by atoms with Crippen molar-refractivity contribution in [3.63, 3.8) is 0 Å². The quantitative estimate of drug-likeness (QED) is 0.792. The highest BCUT2D eigenvalue weighted by atomic mass is 16.4. The van der Waals surface area contributed by atoms with E-state index in [0.717, 1.165) is 11.0 Å². The average molecular weight is 189 g/mol. The number of carbonyl (C=O) groups is 1. The molecule has 0 aliphatic rings. The van der Waals surface area contributed by atoms with Gasteiger partial charge in [0.25, 0.3) is 0 Å². The summed E-state index contributed by atoms with van der Waals surface area (Å²) in [4.78, 5) is 14.5. The maximum atomic E-state index is 10.4. The van der Waals surface area contributed by atoms with Gasteiger partial charge in [0, 0.05) is 6.54 Å². The van der Waals surface area contributed by atoms with Gasteiger partial charge >= 0.3 is 5.97 Å². The second kappa shape index (κ2) is 3.49. The Balaban J connectivity index is 2.29. The number of fused-ring (bicyclic) bond motifs is 1. The van der Waals surface area contributed by atoms with Crippen LogP contribution >= 0.6 is 0 Å². The number of carboxylic acid groups (broad SMARTS) is 1. The van der Waals surface area contributed by atoms with Crippen molar-refractivity contribution in [2.45, 2.75) is 13.0 Å². The Bertz CT molecular complexity index is 462. The first-order valence-electron chi connectivity index (χ1n) is 4.30. The highest BCUT2D eigenvalue weighted by Gasteiger charge is 2.02. The summed E-state index contributed by atoms with van der Waals surface area (Å²) in [6.07, 6.45) is 1.77. The van der Waals surface area contributed by atoms with Gasteiger partial charge in [-0.2, -0.15) is 0 Å². The third kappa shape index (κ3) is 1.59. The van der Waals surface area contributed by atoms with E-state index in [2.05, 4.69) is 11.1 Å². The molecule has 0 saturated carbocycles. The van der Waals surface area contributed by atoms with Crippen molar-refractivity contribution in [2.24, 2.45) is 0 Å². The lowest BCUT2D eigenvalue weighted by molar-refractivity contribution is -0.137. The molecule has 2 rings (SSSR count). The summed E-state index contributed by atoms with van der Waals surface area (Å²) in [6.45, 7) is 0.454. The van der Waals surface area contributed by atoms with E-state index in [9.17, 15) is 4.79 Å². The standard InChI is InChI=1S/C10H9N2O2/c13-10(14)5-6-12-7-11-8-3-1-2-4-9(8)12/h2-4,7H,5-6H2,(H,13,14). The van der Waals surface area contributed by atoms with E-state index >= 15 is 0 Å². The van der Waals surface area contributed by atoms with E-state index < -0.39 is 5.97 Å². The molecule has 0 fully saturated rings. The minimum Gasteiger partial charge on any atom is -0.481 e. The molecule has 0 amide bonds. The largest absolute Gasteiger partial charge is 0.481 e. The van der Waals surface area contributed by atoms with Gasteiger partial charge in [0.2, 0.25) is 0 Å². The molecule has 1 N–H and O–H groups in total. The number of aryl methyl sites for hydroxylation is 1. The molecule has 0 atom stereocenters. The number of aromatic nitrogens is 2. The summed E-state index contributed by atoms with van der Waals surface area (Å²) in [5, 5.41) is 8.54. The first-order chi connectivity index (χ1) is 6.77. The Hall–Kier alpha value is -1.84. The molecule has 1 aromatic carbocycles. The first kappa shape index (κ1) is 8.74. The molecule has 0 aliphatic heterocycles. The predicted octanol–water partition coefficient (Wildman–Crippen LogP) is 1.31. The second-order valence-electron chi connectivity index (χ2n) is 3.00. The van der Waals surface area contributed by atoms with Crippen LogP contribution in [0.2, 0.25) is 0 Å². The topological polar surface area (TPSA) is 55.1 Å². The number of aliphatic carboxylic acids is 1. The Morgan fingerprint density at radius 3 is 3.29 bits per heavy atom. The third-order valence-corrected chi connectivity index (χ3v) is 2.03. The van der Waals surface area contributed by atoms with E-state index in [0.29, 0.717) is 6.54 Å². The summed E-state index contributed by atoms with van der Waals surface area (Å²) in [7, 11) is 0. The van der Waals surface area contributed by atoms with Crippen molar-refractivity contribution in [1.29, 1.82) is 0 Å². The lowest BCUT2D eigenvalue weighted by Gasteiger charge is -2.00. The number of rotatable bonds is 3. The van der Waals surface area contributed by atoms with Gasteiger partial charge in [-0.25, -0.2) is 4.98 Å². The minimum atomic E-state index is -0.797. The molecule has 1 radical (unpaired) electrons. The Labute approximate surface area is 80.8 Å². The van der Waals surface area contributed by atoms with Crippen LogP contribution in [-0.4, -0.2) is 20.6 Å². The van der Waals surface area contributed by atoms with Crippen LogP contribution in [0.3, 0.4) is 0 Å². The van der Waals surface area contributed by atoms with Crippen LogP contribution in [0.4, 0.5) is 0 Å². The van der Waals surface area contributed by atoms with Crippen LogP contribution < -0.4 is 0 Å². The van der Waals surface area contributed by atoms with Gasteiger partial charge < -0.3 is 9.67 Å². The first-order valence-corrected chi connectivity index (χ1v) is 4.30. The Kier molecular flexibility index (Phi) is 2.18. The van der Waals surface area contributed by atoms with Crippen LogP contribution in [0, 0.1) is 6.07 Å². The fourth-order valence-electron chi connectivity index (χ4n) is 1.35. The highest BCUT2D eigenvalue weighted by Crippen LogP contribution is 2.11. The monoisotopic (exact) mass is 189 g/mol. The maximum absolute atomic E-state index is 10.4. The van der Waals surface area contributed by atoms with Gasteiger partial charge in [0.15, 0.2) is 0 Å². The number of nitrogens with zero attached hydrogens (tertiary/aromatic N) is 2. The lowest BCUT2D eigenvalue weighted by atomic mass is 10.3. The molecular weight excluding hydrogens is 180 g/mol. The summed E-state index contributed by atoms with van der Waals surface area (Å²) < 4.78 is 1.83. The molecule has 0 saturated heterocycles. The van der Waals surface area contributed by atoms with Crippen molar-refractivity contribution in [1.82, 2.24) is 9.55 Å². The molecule has 4 heteroatoms. The maximum Gasteiger partial charge on any atom is 0.305 e. The Morgan fingerprint density at radius 2 is 2.50 bits per heavy atom. The third-order valence-electron chi connectivity index (χ3n) is 2.03. The second-order valence-corrected chi connectivity index (χ2v) is 3.00. The zero-order chi connectivity index (χ0) is 9.97. The van der Waals surface area contributed by atoms with Crippen LogP contribution in [0.15, 0.2) is 24.5 Å². The number of imidazole rings is 1. The summed E-state index contributed by atoms with van der Waals surface area (Å²) >= 11 is 0. The molecule has 71 valence electrons. The molecule has 1 aromatic heterocycles. The van der Waals surface area contributed by atoms with Gasteiger partial charge in [0.05, 0.1) is 23.8 Å². The van der Waals surface area contributed by atoms with Gasteiger partial charge in [-0.3, -0.25) is 4.79 Å².